The lowest BCUT2D eigenvalue weighted by Gasteiger charge is -2.12. The van der Waals surface area contributed by atoms with E-state index in [1.165, 1.54) is 12.4 Å². The number of alkyl halides is 3. The maximum Gasteiger partial charge on any atom is 0.416 e. The second-order valence-electron chi connectivity index (χ2n) is 3.99. The highest BCUT2D eigenvalue weighted by molar-refractivity contribution is 6.31. The summed E-state index contributed by atoms with van der Waals surface area (Å²) < 4.78 is 38.1. The zero-order chi connectivity index (χ0) is 14.9. The molecule has 0 saturated heterocycles. The van der Waals surface area contributed by atoms with Crippen LogP contribution < -0.4 is 5.32 Å². The van der Waals surface area contributed by atoms with Crippen molar-refractivity contribution in [2.75, 3.05) is 5.32 Å². The maximum atomic E-state index is 12.7. The lowest BCUT2D eigenvalue weighted by molar-refractivity contribution is -0.137. The minimum atomic E-state index is -4.47. The molecule has 0 fully saturated rings. The minimum absolute atomic E-state index is 0.0277. The number of nitrogens with zero attached hydrogens (tertiary/aromatic N) is 2. The van der Waals surface area contributed by atoms with Gasteiger partial charge in [0.25, 0.3) is 0 Å². The summed E-state index contributed by atoms with van der Waals surface area (Å²) in [4.78, 5) is 7.69. The molecule has 1 aromatic heterocycles. The first-order valence-corrected chi connectivity index (χ1v) is 6.15. The highest BCUT2D eigenvalue weighted by Crippen LogP contribution is 2.34. The lowest BCUT2D eigenvalue weighted by atomic mass is 10.2. The third kappa shape index (κ3) is 3.32. The van der Waals surface area contributed by atoms with Crippen LogP contribution in [0.1, 0.15) is 11.1 Å². The third-order valence-corrected chi connectivity index (χ3v) is 3.11. The molecular weight excluding hydrogens is 314 g/mol. The van der Waals surface area contributed by atoms with E-state index in [9.17, 15) is 13.2 Å². The molecule has 1 aromatic carbocycles. The number of anilines is 2. The van der Waals surface area contributed by atoms with Crippen LogP contribution in [-0.2, 0) is 6.18 Å². The summed E-state index contributed by atoms with van der Waals surface area (Å²) in [5.41, 5.74) is -0.143. The highest BCUT2D eigenvalue weighted by Gasteiger charge is 2.31. The first-order valence-electron chi connectivity index (χ1n) is 5.39. The van der Waals surface area contributed by atoms with E-state index in [2.05, 4.69) is 15.3 Å². The van der Waals surface area contributed by atoms with Gasteiger partial charge >= 0.3 is 6.18 Å². The molecule has 0 radical (unpaired) electrons. The van der Waals surface area contributed by atoms with Crippen LogP contribution in [0, 0.1) is 6.92 Å². The van der Waals surface area contributed by atoms with Gasteiger partial charge in [0.2, 0.25) is 0 Å². The second kappa shape index (κ2) is 5.46. The molecule has 0 amide bonds. The van der Waals surface area contributed by atoms with Gasteiger partial charge in [-0.05, 0) is 25.1 Å². The first kappa shape index (κ1) is 14.9. The van der Waals surface area contributed by atoms with E-state index in [1.54, 1.807) is 6.92 Å². The van der Waals surface area contributed by atoms with E-state index >= 15 is 0 Å². The fraction of sp³-hybridized carbons (Fsp3) is 0.167. The van der Waals surface area contributed by atoms with Crippen LogP contribution in [0.4, 0.5) is 24.7 Å². The Labute approximate surface area is 122 Å². The molecule has 0 unspecified atom stereocenters. The molecule has 0 aliphatic heterocycles. The Morgan fingerprint density at radius 2 is 1.80 bits per heavy atom. The zero-order valence-corrected chi connectivity index (χ0v) is 11.6. The molecule has 1 N–H and O–H groups in total. The molecule has 8 heteroatoms. The average Bonchev–Trinajstić information content (AvgIpc) is 2.33. The van der Waals surface area contributed by atoms with E-state index in [4.69, 9.17) is 23.2 Å². The van der Waals surface area contributed by atoms with Gasteiger partial charge in [-0.3, -0.25) is 0 Å². The number of benzene rings is 1. The highest BCUT2D eigenvalue weighted by atomic mass is 35.5. The van der Waals surface area contributed by atoms with Crippen LogP contribution in [0.15, 0.2) is 24.5 Å². The van der Waals surface area contributed by atoms with Crippen molar-refractivity contribution in [2.24, 2.45) is 0 Å². The van der Waals surface area contributed by atoms with Crippen LogP contribution in [-0.4, -0.2) is 9.97 Å². The molecule has 0 atom stereocenters. The molecule has 0 aliphatic carbocycles. The zero-order valence-electron chi connectivity index (χ0n) is 10.1. The smallest absolute Gasteiger partial charge is 0.340 e. The molecule has 0 aliphatic rings. The van der Waals surface area contributed by atoms with Gasteiger partial charge in [-0.25, -0.2) is 9.97 Å². The van der Waals surface area contributed by atoms with Gasteiger partial charge in [0.15, 0.2) is 0 Å². The Bertz CT molecular complexity index is 644. The number of nitrogens with one attached hydrogen (secondary N) is 1. The Balaban J connectivity index is 2.39. The van der Waals surface area contributed by atoms with Crippen molar-refractivity contribution in [3.05, 3.63) is 45.8 Å². The number of hydrogen-bond donors (Lipinski definition) is 1. The van der Waals surface area contributed by atoms with E-state index in [0.717, 1.165) is 12.1 Å². The number of halogens is 5. The van der Waals surface area contributed by atoms with E-state index in [1.807, 2.05) is 0 Å². The van der Waals surface area contributed by atoms with Gasteiger partial charge in [0.1, 0.15) is 17.3 Å². The number of rotatable bonds is 2. The summed E-state index contributed by atoms with van der Waals surface area (Å²) in [5.74, 6) is 0.320. The van der Waals surface area contributed by atoms with Crippen molar-refractivity contribution in [3.63, 3.8) is 0 Å². The summed E-state index contributed by atoms with van der Waals surface area (Å²) >= 11 is 11.5. The van der Waals surface area contributed by atoms with Crippen molar-refractivity contribution in [1.29, 1.82) is 0 Å². The minimum Gasteiger partial charge on any atom is -0.340 e. The Morgan fingerprint density at radius 3 is 2.45 bits per heavy atom. The van der Waals surface area contributed by atoms with Crippen LogP contribution in [0.5, 0.6) is 0 Å². The van der Waals surface area contributed by atoms with Crippen molar-refractivity contribution >= 4 is 34.7 Å². The summed E-state index contributed by atoms with van der Waals surface area (Å²) in [5, 5.41) is 2.94. The van der Waals surface area contributed by atoms with Gasteiger partial charge in [0, 0.05) is 16.3 Å². The molecule has 0 bridgehead atoms. The summed E-state index contributed by atoms with van der Waals surface area (Å²) in [6.07, 6.45) is -3.26. The van der Waals surface area contributed by atoms with Gasteiger partial charge in [-0.15, -0.1) is 0 Å². The molecule has 106 valence electrons. The van der Waals surface area contributed by atoms with Crippen LogP contribution >= 0.6 is 23.2 Å². The fourth-order valence-electron chi connectivity index (χ4n) is 1.52. The lowest BCUT2D eigenvalue weighted by Crippen LogP contribution is -2.06. The monoisotopic (exact) mass is 321 g/mol. The predicted octanol–water partition coefficient (Wildman–Crippen LogP) is 4.85. The van der Waals surface area contributed by atoms with Crippen molar-refractivity contribution in [2.45, 2.75) is 13.1 Å². The van der Waals surface area contributed by atoms with E-state index in [0.29, 0.717) is 11.4 Å². The topological polar surface area (TPSA) is 37.8 Å². The van der Waals surface area contributed by atoms with Gasteiger partial charge < -0.3 is 5.32 Å². The molecule has 0 spiro atoms. The Morgan fingerprint density at radius 1 is 1.10 bits per heavy atom. The molecule has 3 nitrogen and oxygen atoms in total. The molecular formula is C12H8Cl2F3N3. The maximum absolute atomic E-state index is 12.7. The number of aromatic nitrogens is 2. The predicted molar refractivity (Wildman–Crippen MR) is 71.5 cm³/mol. The Hall–Kier alpha value is -1.53. The molecule has 0 saturated carbocycles. The van der Waals surface area contributed by atoms with Crippen molar-refractivity contribution in [1.82, 2.24) is 9.97 Å². The van der Waals surface area contributed by atoms with Gasteiger partial charge in [-0.2, -0.15) is 13.2 Å². The van der Waals surface area contributed by atoms with Crippen LogP contribution in [0.2, 0.25) is 10.2 Å². The molecule has 1 heterocycles. The first-order chi connectivity index (χ1) is 9.27. The normalized spacial score (nSPS) is 11.5. The van der Waals surface area contributed by atoms with E-state index in [-0.39, 0.29) is 15.9 Å². The standard InChI is InChI=1S/C12H8Cl2F3N3/c1-6-10(14)18-5-19-11(6)20-9-3-7(12(15,16)17)2-8(13)4-9/h2-5H,1H3,(H,18,19,20). The number of hydrogen-bond acceptors (Lipinski definition) is 3. The quantitative estimate of drug-likeness (QED) is 0.803. The third-order valence-electron chi connectivity index (χ3n) is 2.51. The summed E-state index contributed by atoms with van der Waals surface area (Å²) in [6, 6.07) is 3.17. The van der Waals surface area contributed by atoms with E-state index < -0.39 is 11.7 Å². The van der Waals surface area contributed by atoms with Gasteiger partial charge in [0.05, 0.1) is 5.56 Å². The molecule has 2 aromatic rings. The second-order valence-corrected chi connectivity index (χ2v) is 4.78. The largest absolute Gasteiger partial charge is 0.416 e. The van der Waals surface area contributed by atoms with Crippen LogP contribution in [0.25, 0.3) is 0 Å². The molecule has 20 heavy (non-hydrogen) atoms. The van der Waals surface area contributed by atoms with Crippen molar-refractivity contribution in [3.8, 4) is 0 Å². The fourth-order valence-corrected chi connectivity index (χ4v) is 1.89. The molecule has 2 rings (SSSR count). The van der Waals surface area contributed by atoms with Gasteiger partial charge in [-0.1, -0.05) is 23.2 Å². The summed E-state index contributed by atoms with van der Waals surface area (Å²) in [6.45, 7) is 1.65. The SMILES string of the molecule is Cc1c(Cl)ncnc1Nc1cc(Cl)cc(C(F)(F)F)c1. The Kier molecular flexibility index (Phi) is 4.06. The van der Waals surface area contributed by atoms with Crippen LogP contribution in [0.3, 0.4) is 0 Å². The average molecular weight is 322 g/mol. The summed E-state index contributed by atoms with van der Waals surface area (Å²) in [7, 11) is 0. The van der Waals surface area contributed by atoms with Crippen molar-refractivity contribution < 1.29 is 13.2 Å².